The van der Waals surface area contributed by atoms with Crippen molar-refractivity contribution in [1.29, 1.82) is 0 Å². The van der Waals surface area contributed by atoms with E-state index in [1.807, 2.05) is 18.2 Å². The van der Waals surface area contributed by atoms with E-state index in [0.717, 1.165) is 41.8 Å². The summed E-state index contributed by atoms with van der Waals surface area (Å²) in [7, 11) is 1.64. The van der Waals surface area contributed by atoms with Gasteiger partial charge in [-0.2, -0.15) is 0 Å². The fourth-order valence-electron chi connectivity index (χ4n) is 2.10. The minimum absolute atomic E-state index is 0.0239. The number of hydrogen-bond acceptors (Lipinski definition) is 4. The molecule has 0 aromatic heterocycles. The van der Waals surface area contributed by atoms with Crippen molar-refractivity contribution in [1.82, 2.24) is 0 Å². The van der Waals surface area contributed by atoms with Crippen LogP contribution >= 0.6 is 15.9 Å². The van der Waals surface area contributed by atoms with Gasteiger partial charge < -0.3 is 18.9 Å². The number of methoxy groups -OCH3 is 1. The molecular formula is C15H21BrO4. The fraction of sp³-hybridized carbons (Fsp3) is 0.600. The molecule has 1 fully saturated rings. The Bertz CT molecular complexity index is 405. The summed E-state index contributed by atoms with van der Waals surface area (Å²) < 4.78 is 23.1. The zero-order valence-electron chi connectivity index (χ0n) is 11.8. The summed E-state index contributed by atoms with van der Waals surface area (Å²) in [4.78, 5) is 0. The molecule has 1 aromatic carbocycles. The number of benzene rings is 1. The Hall–Kier alpha value is -0.780. The van der Waals surface area contributed by atoms with Gasteiger partial charge in [-0.25, -0.2) is 0 Å². The maximum absolute atomic E-state index is 5.72. The van der Waals surface area contributed by atoms with Crippen LogP contribution in [0.1, 0.15) is 25.7 Å². The maximum atomic E-state index is 5.72. The van der Waals surface area contributed by atoms with Crippen LogP contribution in [0.2, 0.25) is 0 Å². The topological polar surface area (TPSA) is 36.9 Å². The molecule has 1 aliphatic rings. The highest BCUT2D eigenvalue weighted by atomic mass is 79.9. The monoisotopic (exact) mass is 344 g/mol. The molecule has 20 heavy (non-hydrogen) atoms. The molecule has 0 amide bonds. The molecular weight excluding hydrogens is 324 g/mol. The first-order chi connectivity index (χ1) is 9.81. The highest BCUT2D eigenvalue weighted by Gasteiger charge is 2.13. The van der Waals surface area contributed by atoms with Crippen LogP contribution in [0.5, 0.6) is 11.5 Å². The van der Waals surface area contributed by atoms with E-state index in [0.29, 0.717) is 13.2 Å². The van der Waals surface area contributed by atoms with E-state index in [2.05, 4.69) is 15.9 Å². The maximum Gasteiger partial charge on any atom is 0.174 e. The molecule has 1 aliphatic heterocycles. The number of para-hydroxylation sites is 1. The van der Waals surface area contributed by atoms with E-state index in [-0.39, 0.29) is 6.29 Å². The Kier molecular flexibility index (Phi) is 6.63. The van der Waals surface area contributed by atoms with Crippen molar-refractivity contribution in [3.63, 3.8) is 0 Å². The first-order valence-corrected chi connectivity index (χ1v) is 7.79. The Balaban J connectivity index is 1.67. The predicted molar refractivity (Wildman–Crippen MR) is 80.3 cm³/mol. The van der Waals surface area contributed by atoms with Crippen LogP contribution in [0.3, 0.4) is 0 Å². The zero-order valence-corrected chi connectivity index (χ0v) is 13.4. The third kappa shape index (κ3) is 4.65. The van der Waals surface area contributed by atoms with Gasteiger partial charge >= 0.3 is 0 Å². The van der Waals surface area contributed by atoms with Crippen LogP contribution < -0.4 is 9.47 Å². The molecule has 0 bridgehead atoms. The summed E-state index contributed by atoms with van der Waals surface area (Å²) in [5.74, 6) is 1.47. The van der Waals surface area contributed by atoms with Crippen LogP contribution in [0.4, 0.5) is 0 Å². The van der Waals surface area contributed by atoms with Gasteiger partial charge in [0.05, 0.1) is 24.8 Å². The van der Waals surface area contributed by atoms with Gasteiger partial charge in [-0.3, -0.25) is 0 Å². The Morgan fingerprint density at radius 1 is 1.30 bits per heavy atom. The summed E-state index contributed by atoms with van der Waals surface area (Å²) in [6, 6.07) is 5.75. The standard InChI is InChI=1S/C15H21BrO4/c1-17-15-12(16)6-4-7-13(15)18-10-5-11-20-14-8-2-3-9-19-14/h4,6-7,14H,2-3,5,8-11H2,1H3. The second-order valence-corrected chi connectivity index (χ2v) is 5.49. The second kappa shape index (κ2) is 8.49. The van der Waals surface area contributed by atoms with Crippen molar-refractivity contribution >= 4 is 15.9 Å². The van der Waals surface area contributed by atoms with E-state index in [1.54, 1.807) is 7.11 Å². The minimum atomic E-state index is -0.0239. The van der Waals surface area contributed by atoms with E-state index < -0.39 is 0 Å². The van der Waals surface area contributed by atoms with E-state index in [9.17, 15) is 0 Å². The first-order valence-electron chi connectivity index (χ1n) is 7.00. The highest BCUT2D eigenvalue weighted by Crippen LogP contribution is 2.34. The highest BCUT2D eigenvalue weighted by molar-refractivity contribution is 9.10. The predicted octanol–water partition coefficient (Wildman–Crippen LogP) is 3.77. The molecule has 2 rings (SSSR count). The lowest BCUT2D eigenvalue weighted by Gasteiger charge is -2.22. The summed E-state index contributed by atoms with van der Waals surface area (Å²) in [6.07, 6.45) is 4.14. The van der Waals surface area contributed by atoms with Crippen LogP contribution in [0.25, 0.3) is 0 Å². The molecule has 0 spiro atoms. The summed E-state index contributed by atoms with van der Waals surface area (Å²) in [5, 5.41) is 0. The Labute approximate surface area is 128 Å². The second-order valence-electron chi connectivity index (χ2n) is 4.64. The summed E-state index contributed by atoms with van der Waals surface area (Å²) in [5.41, 5.74) is 0. The van der Waals surface area contributed by atoms with Crippen molar-refractivity contribution in [3.8, 4) is 11.5 Å². The van der Waals surface area contributed by atoms with Crippen molar-refractivity contribution in [2.45, 2.75) is 32.0 Å². The third-order valence-electron chi connectivity index (χ3n) is 3.12. The molecule has 1 unspecified atom stereocenters. The summed E-state index contributed by atoms with van der Waals surface area (Å²) >= 11 is 3.44. The van der Waals surface area contributed by atoms with Crippen LogP contribution in [0, 0.1) is 0 Å². The summed E-state index contributed by atoms with van der Waals surface area (Å²) in [6.45, 7) is 2.07. The molecule has 1 heterocycles. The minimum Gasteiger partial charge on any atom is -0.492 e. The smallest absolute Gasteiger partial charge is 0.174 e. The van der Waals surface area contributed by atoms with Gasteiger partial charge in [0.2, 0.25) is 0 Å². The number of rotatable bonds is 7. The lowest BCUT2D eigenvalue weighted by atomic mass is 10.2. The SMILES string of the molecule is COc1c(Br)cccc1OCCCOC1CCCCO1. The van der Waals surface area contributed by atoms with E-state index >= 15 is 0 Å². The molecule has 0 radical (unpaired) electrons. The van der Waals surface area contributed by atoms with Gasteiger partial charge in [0, 0.05) is 13.0 Å². The average Bonchev–Trinajstić information content (AvgIpc) is 2.48. The molecule has 0 aliphatic carbocycles. The number of hydrogen-bond donors (Lipinski definition) is 0. The van der Waals surface area contributed by atoms with Gasteiger partial charge in [0.1, 0.15) is 0 Å². The van der Waals surface area contributed by atoms with Crippen LogP contribution in [0.15, 0.2) is 22.7 Å². The van der Waals surface area contributed by atoms with Gasteiger partial charge in [0.25, 0.3) is 0 Å². The van der Waals surface area contributed by atoms with E-state index in [4.69, 9.17) is 18.9 Å². The lowest BCUT2D eigenvalue weighted by Crippen LogP contribution is -2.23. The van der Waals surface area contributed by atoms with Gasteiger partial charge in [-0.15, -0.1) is 0 Å². The molecule has 0 N–H and O–H groups in total. The number of ether oxygens (including phenoxy) is 4. The van der Waals surface area contributed by atoms with Crippen molar-refractivity contribution in [2.75, 3.05) is 26.9 Å². The largest absolute Gasteiger partial charge is 0.492 e. The third-order valence-corrected chi connectivity index (χ3v) is 3.75. The Morgan fingerprint density at radius 3 is 2.95 bits per heavy atom. The molecule has 5 heteroatoms. The lowest BCUT2D eigenvalue weighted by molar-refractivity contribution is -0.163. The van der Waals surface area contributed by atoms with Gasteiger partial charge in [0.15, 0.2) is 17.8 Å². The van der Waals surface area contributed by atoms with Crippen molar-refractivity contribution in [2.24, 2.45) is 0 Å². The first kappa shape index (κ1) is 15.6. The van der Waals surface area contributed by atoms with Gasteiger partial charge in [-0.05, 0) is 47.3 Å². The quantitative estimate of drug-likeness (QED) is 0.705. The Morgan fingerprint density at radius 2 is 2.20 bits per heavy atom. The van der Waals surface area contributed by atoms with E-state index in [1.165, 1.54) is 6.42 Å². The average molecular weight is 345 g/mol. The van der Waals surface area contributed by atoms with Crippen molar-refractivity contribution < 1.29 is 18.9 Å². The van der Waals surface area contributed by atoms with Gasteiger partial charge in [-0.1, -0.05) is 6.07 Å². The van der Waals surface area contributed by atoms with Crippen LogP contribution in [-0.2, 0) is 9.47 Å². The normalized spacial score (nSPS) is 18.8. The molecule has 1 atom stereocenters. The fourth-order valence-corrected chi connectivity index (χ4v) is 2.61. The van der Waals surface area contributed by atoms with Crippen molar-refractivity contribution in [3.05, 3.63) is 22.7 Å². The molecule has 4 nitrogen and oxygen atoms in total. The molecule has 112 valence electrons. The molecule has 1 saturated heterocycles. The van der Waals surface area contributed by atoms with Crippen LogP contribution in [-0.4, -0.2) is 33.2 Å². The molecule has 0 saturated carbocycles. The molecule has 1 aromatic rings. The number of halogens is 1. The zero-order chi connectivity index (χ0) is 14.2.